The van der Waals surface area contributed by atoms with Gasteiger partial charge in [-0.3, -0.25) is 0 Å². The number of hydrogen-bond donors (Lipinski definition) is 1. The van der Waals surface area contributed by atoms with Crippen LogP contribution >= 0.6 is 0 Å². The van der Waals surface area contributed by atoms with Crippen LogP contribution in [0.4, 0.5) is 0 Å². The molecule has 1 aromatic rings. The van der Waals surface area contributed by atoms with Crippen molar-refractivity contribution < 1.29 is 4.42 Å². The van der Waals surface area contributed by atoms with E-state index < -0.39 is 0 Å². The molecule has 0 bridgehead atoms. The van der Waals surface area contributed by atoms with E-state index in [0.717, 1.165) is 12.1 Å². The Morgan fingerprint density at radius 3 is 2.67 bits per heavy atom. The Labute approximate surface area is 73.0 Å². The quantitative estimate of drug-likeness (QED) is 0.751. The average Bonchev–Trinajstić information content (AvgIpc) is 2.34. The van der Waals surface area contributed by atoms with Crippen LogP contribution in [0.5, 0.6) is 0 Å². The van der Waals surface area contributed by atoms with Crippen LogP contribution in [-0.2, 0) is 0 Å². The highest BCUT2D eigenvalue weighted by molar-refractivity contribution is 4.96. The molecule has 12 heavy (non-hydrogen) atoms. The Kier molecular flexibility index (Phi) is 2.87. The lowest BCUT2D eigenvalue weighted by Gasteiger charge is -2.09. The predicted octanol–water partition coefficient (Wildman–Crippen LogP) is 2.03. The van der Waals surface area contributed by atoms with Gasteiger partial charge >= 0.3 is 0 Å². The first-order valence-electron chi connectivity index (χ1n) is 4.27. The number of nitrogens with zero attached hydrogens (tertiary/aromatic N) is 1. The minimum Gasteiger partial charge on any atom is -0.447 e. The summed E-state index contributed by atoms with van der Waals surface area (Å²) < 4.78 is 5.19. The molecule has 3 nitrogen and oxygen atoms in total. The van der Waals surface area contributed by atoms with E-state index in [1.807, 2.05) is 6.92 Å². The molecule has 68 valence electrons. The van der Waals surface area contributed by atoms with Gasteiger partial charge in [-0.25, -0.2) is 4.98 Å². The highest BCUT2D eigenvalue weighted by Crippen LogP contribution is 2.17. The molecule has 0 aliphatic heterocycles. The molecular weight excluding hydrogens is 152 g/mol. The molecule has 0 aliphatic rings. The molecule has 0 unspecified atom stereocenters. The van der Waals surface area contributed by atoms with Crippen LogP contribution < -0.4 is 5.73 Å². The molecule has 0 amide bonds. The highest BCUT2D eigenvalue weighted by Gasteiger charge is 2.12. The summed E-state index contributed by atoms with van der Waals surface area (Å²) in [6.07, 6.45) is 2.55. The molecule has 0 fully saturated rings. The molecule has 0 saturated carbocycles. The summed E-state index contributed by atoms with van der Waals surface area (Å²) in [5.74, 6) is 1.23. The average molecular weight is 168 g/mol. The summed E-state index contributed by atoms with van der Waals surface area (Å²) in [5, 5.41) is 0. The van der Waals surface area contributed by atoms with Crippen molar-refractivity contribution in [2.75, 3.05) is 0 Å². The van der Waals surface area contributed by atoms with E-state index in [1.165, 1.54) is 0 Å². The second-order valence-corrected chi connectivity index (χ2v) is 3.56. The zero-order chi connectivity index (χ0) is 9.14. The Morgan fingerprint density at radius 1 is 1.58 bits per heavy atom. The van der Waals surface area contributed by atoms with Gasteiger partial charge in [-0.15, -0.1) is 0 Å². The van der Waals surface area contributed by atoms with Crippen molar-refractivity contribution in [3.8, 4) is 0 Å². The predicted molar refractivity (Wildman–Crippen MR) is 47.6 cm³/mol. The van der Waals surface area contributed by atoms with E-state index in [4.69, 9.17) is 10.2 Å². The molecule has 2 N–H and O–H groups in total. The zero-order valence-electron chi connectivity index (χ0n) is 7.87. The van der Waals surface area contributed by atoms with Crippen molar-refractivity contribution in [3.05, 3.63) is 17.8 Å². The summed E-state index contributed by atoms with van der Waals surface area (Å²) in [5.41, 5.74) is 6.75. The second-order valence-electron chi connectivity index (χ2n) is 3.56. The summed E-state index contributed by atoms with van der Waals surface area (Å²) in [6.45, 7) is 6.17. The van der Waals surface area contributed by atoms with Crippen molar-refractivity contribution in [1.29, 1.82) is 0 Å². The number of aromatic nitrogens is 1. The third-order valence-electron chi connectivity index (χ3n) is 1.68. The van der Waals surface area contributed by atoms with Gasteiger partial charge < -0.3 is 10.2 Å². The fourth-order valence-corrected chi connectivity index (χ4v) is 1.15. The molecule has 1 rings (SSSR count). The van der Waals surface area contributed by atoms with Gasteiger partial charge in [-0.2, -0.15) is 0 Å². The second kappa shape index (κ2) is 3.72. The zero-order valence-corrected chi connectivity index (χ0v) is 7.87. The van der Waals surface area contributed by atoms with Gasteiger partial charge in [0.2, 0.25) is 5.89 Å². The maximum absolute atomic E-state index is 5.85. The van der Waals surface area contributed by atoms with Crippen LogP contribution in [0.25, 0.3) is 0 Å². The molecule has 1 aromatic heterocycles. The normalized spacial score (nSPS) is 13.8. The fourth-order valence-electron chi connectivity index (χ4n) is 1.15. The number of rotatable bonds is 3. The Bertz CT molecular complexity index is 242. The molecule has 1 atom stereocenters. The van der Waals surface area contributed by atoms with Gasteiger partial charge in [0.1, 0.15) is 6.26 Å². The lowest BCUT2D eigenvalue weighted by atomic mass is 10.0. The third-order valence-corrected chi connectivity index (χ3v) is 1.68. The number of oxazole rings is 1. The Balaban J connectivity index is 2.58. The van der Waals surface area contributed by atoms with E-state index >= 15 is 0 Å². The first kappa shape index (κ1) is 9.26. The van der Waals surface area contributed by atoms with Crippen LogP contribution in [0.3, 0.4) is 0 Å². The molecule has 0 aliphatic carbocycles. The summed E-state index contributed by atoms with van der Waals surface area (Å²) in [6, 6.07) is -0.0568. The van der Waals surface area contributed by atoms with Crippen molar-refractivity contribution in [2.24, 2.45) is 11.7 Å². The van der Waals surface area contributed by atoms with Crippen molar-refractivity contribution in [1.82, 2.24) is 4.98 Å². The van der Waals surface area contributed by atoms with Gasteiger partial charge in [0.05, 0.1) is 11.7 Å². The van der Waals surface area contributed by atoms with Crippen molar-refractivity contribution >= 4 is 0 Å². The summed E-state index contributed by atoms with van der Waals surface area (Å²) in [7, 11) is 0. The lowest BCUT2D eigenvalue weighted by molar-refractivity contribution is 0.402. The number of aryl methyl sites for hydroxylation is 1. The van der Waals surface area contributed by atoms with Gasteiger partial charge in [0.25, 0.3) is 0 Å². The van der Waals surface area contributed by atoms with Crippen LogP contribution in [-0.4, -0.2) is 4.98 Å². The SMILES string of the molecule is Cc1coc([C@H](N)CC(C)C)n1. The highest BCUT2D eigenvalue weighted by atomic mass is 16.3. The van der Waals surface area contributed by atoms with Crippen LogP contribution in [0.2, 0.25) is 0 Å². The van der Waals surface area contributed by atoms with E-state index in [1.54, 1.807) is 6.26 Å². The van der Waals surface area contributed by atoms with E-state index in [-0.39, 0.29) is 6.04 Å². The number of hydrogen-bond acceptors (Lipinski definition) is 3. The smallest absolute Gasteiger partial charge is 0.211 e. The molecular formula is C9H16N2O. The largest absolute Gasteiger partial charge is 0.447 e. The lowest BCUT2D eigenvalue weighted by Crippen LogP contribution is -2.13. The molecule has 1 heterocycles. The van der Waals surface area contributed by atoms with Crippen LogP contribution in [0.1, 0.15) is 37.9 Å². The molecule has 0 radical (unpaired) electrons. The standard InChI is InChI=1S/C9H16N2O/c1-6(2)4-8(10)9-11-7(3)5-12-9/h5-6,8H,4,10H2,1-3H3/t8-/m1/s1. The topological polar surface area (TPSA) is 52.0 Å². The first-order chi connectivity index (χ1) is 5.59. The van der Waals surface area contributed by atoms with Crippen LogP contribution in [0, 0.1) is 12.8 Å². The Hall–Kier alpha value is -0.830. The van der Waals surface area contributed by atoms with Gasteiger partial charge in [0.15, 0.2) is 0 Å². The molecule has 0 saturated heterocycles. The van der Waals surface area contributed by atoms with E-state index in [0.29, 0.717) is 11.8 Å². The number of nitrogens with two attached hydrogens (primary N) is 1. The minimum absolute atomic E-state index is 0.0568. The van der Waals surface area contributed by atoms with Gasteiger partial charge in [-0.05, 0) is 19.3 Å². The first-order valence-corrected chi connectivity index (χ1v) is 4.27. The van der Waals surface area contributed by atoms with Crippen LogP contribution in [0.15, 0.2) is 10.7 Å². The maximum atomic E-state index is 5.85. The van der Waals surface area contributed by atoms with Gasteiger partial charge in [-0.1, -0.05) is 13.8 Å². The molecule has 3 heteroatoms. The van der Waals surface area contributed by atoms with Crippen molar-refractivity contribution in [3.63, 3.8) is 0 Å². The fraction of sp³-hybridized carbons (Fsp3) is 0.667. The summed E-state index contributed by atoms with van der Waals surface area (Å²) in [4.78, 5) is 4.17. The monoisotopic (exact) mass is 168 g/mol. The molecule has 0 aromatic carbocycles. The van der Waals surface area contributed by atoms with E-state index in [9.17, 15) is 0 Å². The van der Waals surface area contributed by atoms with Gasteiger partial charge in [0, 0.05) is 0 Å². The molecule has 0 spiro atoms. The maximum Gasteiger partial charge on any atom is 0.211 e. The summed E-state index contributed by atoms with van der Waals surface area (Å²) >= 11 is 0. The third kappa shape index (κ3) is 2.34. The van der Waals surface area contributed by atoms with Crippen molar-refractivity contribution in [2.45, 2.75) is 33.2 Å². The minimum atomic E-state index is -0.0568. The van der Waals surface area contributed by atoms with E-state index in [2.05, 4.69) is 18.8 Å². The Morgan fingerprint density at radius 2 is 2.25 bits per heavy atom.